The van der Waals surface area contributed by atoms with Gasteiger partial charge in [0, 0.05) is 6.07 Å². The number of carbonyl (C=O) groups excluding carboxylic acids is 1. The number of nitro groups is 1. The molecule has 124 valence electrons. The molecule has 1 amide bonds. The van der Waals surface area contributed by atoms with Crippen LogP contribution in [0, 0.1) is 10.1 Å². The van der Waals surface area contributed by atoms with Crippen LogP contribution < -0.4 is 0 Å². The van der Waals surface area contributed by atoms with E-state index in [1.54, 1.807) is 24.3 Å². The standard InChI is InChI=1S/C17H11N3O3S2/c21-16-15(10-12-6-2-1-3-7-12)25-17(24)19(16)18-11-13-8-4-5-9-14(13)20(22)23/h1-11H/b15-10+,18-11+. The molecule has 1 saturated heterocycles. The van der Waals surface area contributed by atoms with Crippen LogP contribution in [-0.4, -0.2) is 26.4 Å². The maximum Gasteiger partial charge on any atom is 0.286 e. The molecule has 0 aromatic heterocycles. The lowest BCUT2D eigenvalue weighted by Crippen LogP contribution is -2.22. The van der Waals surface area contributed by atoms with Crippen molar-refractivity contribution in [2.45, 2.75) is 0 Å². The number of para-hydroxylation sites is 1. The minimum absolute atomic E-state index is 0.0866. The van der Waals surface area contributed by atoms with E-state index in [0.29, 0.717) is 10.5 Å². The van der Waals surface area contributed by atoms with Gasteiger partial charge in [0.25, 0.3) is 11.6 Å². The molecule has 0 radical (unpaired) electrons. The first-order chi connectivity index (χ1) is 12.1. The number of benzene rings is 2. The minimum Gasteiger partial charge on any atom is -0.266 e. The maximum absolute atomic E-state index is 12.5. The fourth-order valence-corrected chi connectivity index (χ4v) is 3.32. The lowest BCUT2D eigenvalue weighted by atomic mass is 10.2. The molecule has 1 heterocycles. The number of thiocarbonyl (C=S) groups is 1. The maximum atomic E-state index is 12.5. The highest BCUT2D eigenvalue weighted by Gasteiger charge is 2.32. The summed E-state index contributed by atoms with van der Waals surface area (Å²) in [4.78, 5) is 23.4. The van der Waals surface area contributed by atoms with Gasteiger partial charge in [-0.25, -0.2) is 0 Å². The van der Waals surface area contributed by atoms with E-state index in [1.165, 1.54) is 12.3 Å². The van der Waals surface area contributed by atoms with E-state index in [1.807, 2.05) is 30.3 Å². The van der Waals surface area contributed by atoms with Crippen molar-refractivity contribution in [2.75, 3.05) is 0 Å². The molecule has 1 aliphatic heterocycles. The van der Waals surface area contributed by atoms with Gasteiger partial charge in [-0.2, -0.15) is 10.1 Å². The van der Waals surface area contributed by atoms with Gasteiger partial charge in [-0.05, 0) is 29.9 Å². The molecule has 0 saturated carbocycles. The third-order valence-electron chi connectivity index (χ3n) is 3.32. The Balaban J connectivity index is 1.85. The normalized spacial score (nSPS) is 16.2. The highest BCUT2D eigenvalue weighted by molar-refractivity contribution is 8.26. The van der Waals surface area contributed by atoms with Crippen LogP contribution in [0.3, 0.4) is 0 Å². The lowest BCUT2D eigenvalue weighted by molar-refractivity contribution is -0.385. The van der Waals surface area contributed by atoms with Crippen LogP contribution in [0.1, 0.15) is 11.1 Å². The summed E-state index contributed by atoms with van der Waals surface area (Å²) in [5.74, 6) is -0.353. The Bertz CT molecular complexity index is 910. The molecular weight excluding hydrogens is 358 g/mol. The van der Waals surface area contributed by atoms with Gasteiger partial charge in [0.1, 0.15) is 0 Å². The largest absolute Gasteiger partial charge is 0.286 e. The van der Waals surface area contributed by atoms with E-state index in [9.17, 15) is 14.9 Å². The molecule has 0 spiro atoms. The number of nitrogens with zero attached hydrogens (tertiary/aromatic N) is 3. The molecule has 0 atom stereocenters. The smallest absolute Gasteiger partial charge is 0.266 e. The van der Waals surface area contributed by atoms with Crippen molar-refractivity contribution in [3.05, 3.63) is 80.7 Å². The molecular formula is C17H11N3O3S2. The predicted molar refractivity (Wildman–Crippen MR) is 102 cm³/mol. The van der Waals surface area contributed by atoms with Gasteiger partial charge in [-0.15, -0.1) is 0 Å². The Morgan fingerprint density at radius 3 is 2.52 bits per heavy atom. The third-order valence-corrected chi connectivity index (χ3v) is 4.60. The van der Waals surface area contributed by atoms with Gasteiger partial charge in [0.2, 0.25) is 0 Å². The highest BCUT2D eigenvalue weighted by atomic mass is 32.2. The Kier molecular flexibility index (Phi) is 5.01. The molecule has 0 aliphatic carbocycles. The van der Waals surface area contributed by atoms with Crippen molar-refractivity contribution in [3.63, 3.8) is 0 Å². The minimum atomic E-state index is -0.499. The first-order valence-corrected chi connectivity index (χ1v) is 8.39. The van der Waals surface area contributed by atoms with Crippen LogP contribution in [0.2, 0.25) is 0 Å². The third kappa shape index (κ3) is 3.81. The first-order valence-electron chi connectivity index (χ1n) is 7.16. The Hall–Kier alpha value is -2.84. The van der Waals surface area contributed by atoms with E-state index in [4.69, 9.17) is 12.2 Å². The molecule has 2 aromatic rings. The molecule has 2 aromatic carbocycles. The second kappa shape index (κ2) is 7.37. The van der Waals surface area contributed by atoms with Crippen molar-refractivity contribution in [3.8, 4) is 0 Å². The number of thioether (sulfide) groups is 1. The Morgan fingerprint density at radius 1 is 1.12 bits per heavy atom. The van der Waals surface area contributed by atoms with Gasteiger partial charge in [0.15, 0.2) is 4.32 Å². The Morgan fingerprint density at radius 2 is 1.80 bits per heavy atom. The predicted octanol–water partition coefficient (Wildman–Crippen LogP) is 3.83. The molecule has 0 N–H and O–H groups in total. The number of nitro benzene ring substituents is 1. The number of amides is 1. The van der Waals surface area contributed by atoms with E-state index in [-0.39, 0.29) is 15.9 Å². The summed E-state index contributed by atoms with van der Waals surface area (Å²) in [7, 11) is 0. The number of rotatable bonds is 4. The van der Waals surface area contributed by atoms with Crippen LogP contribution in [0.5, 0.6) is 0 Å². The van der Waals surface area contributed by atoms with Gasteiger partial charge in [0.05, 0.1) is 21.6 Å². The van der Waals surface area contributed by atoms with Crippen molar-refractivity contribution < 1.29 is 9.72 Å². The van der Waals surface area contributed by atoms with Gasteiger partial charge < -0.3 is 0 Å². The van der Waals surface area contributed by atoms with E-state index in [0.717, 1.165) is 22.3 Å². The van der Waals surface area contributed by atoms with Crippen LogP contribution in [0.25, 0.3) is 6.08 Å². The summed E-state index contributed by atoms with van der Waals surface area (Å²) in [6.45, 7) is 0. The number of carbonyl (C=O) groups is 1. The second-order valence-electron chi connectivity index (χ2n) is 4.96. The highest BCUT2D eigenvalue weighted by Crippen LogP contribution is 2.32. The average molecular weight is 369 g/mol. The van der Waals surface area contributed by atoms with Gasteiger partial charge >= 0.3 is 0 Å². The quantitative estimate of drug-likeness (QED) is 0.269. The van der Waals surface area contributed by atoms with Gasteiger partial charge in [-0.3, -0.25) is 14.9 Å². The summed E-state index contributed by atoms with van der Waals surface area (Å²) in [5, 5.41) is 16.1. The van der Waals surface area contributed by atoms with Crippen molar-refractivity contribution in [2.24, 2.45) is 5.10 Å². The summed E-state index contributed by atoms with van der Waals surface area (Å²) < 4.78 is 0.280. The Labute approximate surface area is 153 Å². The van der Waals surface area contributed by atoms with Crippen LogP contribution >= 0.6 is 24.0 Å². The van der Waals surface area contributed by atoms with E-state index < -0.39 is 4.92 Å². The number of hydrazone groups is 1. The molecule has 1 aliphatic rings. The SMILES string of the molecule is O=C1/C(=C\c2ccccc2)SC(=S)N1/N=C/c1ccccc1[N+](=O)[O-]. The van der Waals surface area contributed by atoms with E-state index >= 15 is 0 Å². The monoisotopic (exact) mass is 369 g/mol. The van der Waals surface area contributed by atoms with Crippen LogP contribution in [0.4, 0.5) is 5.69 Å². The zero-order chi connectivity index (χ0) is 17.8. The summed E-state index contributed by atoms with van der Waals surface area (Å²) in [6.07, 6.45) is 3.01. The first kappa shape index (κ1) is 17.0. The van der Waals surface area contributed by atoms with Crippen molar-refractivity contribution in [1.82, 2.24) is 5.01 Å². The van der Waals surface area contributed by atoms with Gasteiger partial charge in [-0.1, -0.05) is 54.2 Å². The molecule has 0 bridgehead atoms. The number of hydrogen-bond acceptors (Lipinski definition) is 6. The molecule has 8 heteroatoms. The van der Waals surface area contributed by atoms with Crippen molar-refractivity contribution >= 4 is 52.2 Å². The lowest BCUT2D eigenvalue weighted by Gasteiger charge is -2.06. The van der Waals surface area contributed by atoms with Crippen LogP contribution in [-0.2, 0) is 4.79 Å². The number of hydrogen-bond donors (Lipinski definition) is 0. The summed E-state index contributed by atoms with van der Waals surface area (Å²) >= 11 is 6.33. The molecule has 1 fully saturated rings. The molecule has 6 nitrogen and oxygen atoms in total. The average Bonchev–Trinajstić information content (AvgIpc) is 2.87. The molecule has 0 unspecified atom stereocenters. The molecule has 3 rings (SSSR count). The topological polar surface area (TPSA) is 75.8 Å². The zero-order valence-electron chi connectivity index (χ0n) is 12.7. The van der Waals surface area contributed by atoms with Crippen LogP contribution in [0.15, 0.2) is 64.6 Å². The zero-order valence-corrected chi connectivity index (χ0v) is 14.4. The summed E-state index contributed by atoms with van der Waals surface area (Å²) in [5.41, 5.74) is 1.09. The van der Waals surface area contributed by atoms with Crippen molar-refractivity contribution in [1.29, 1.82) is 0 Å². The van der Waals surface area contributed by atoms with E-state index in [2.05, 4.69) is 5.10 Å². The fourth-order valence-electron chi connectivity index (χ4n) is 2.14. The molecule has 25 heavy (non-hydrogen) atoms. The summed E-state index contributed by atoms with van der Waals surface area (Å²) in [6, 6.07) is 15.6. The second-order valence-corrected chi connectivity index (χ2v) is 6.64. The fraction of sp³-hybridized carbons (Fsp3) is 0.